The molecule has 0 aromatic rings. The summed E-state index contributed by atoms with van der Waals surface area (Å²) in [6.45, 7) is -4.54. The van der Waals surface area contributed by atoms with E-state index in [9.17, 15) is 12.9 Å². The summed E-state index contributed by atoms with van der Waals surface area (Å²) in [5.74, 6) is 0. The molecule has 0 saturated heterocycles. The number of alkyl halides is 1. The maximum Gasteiger partial charge on any atom is 1.00 e. The standard InChI is InChI=1S/C8H16BBrF3.K/c10-8-6-4-2-1-3-5-7-9(11,12)13;/h1-8H2;/q-1;+1. The molecule has 0 aliphatic heterocycles. The zero-order chi connectivity index (χ0) is 10.2. The van der Waals surface area contributed by atoms with Crippen LogP contribution in [0, 0.1) is 0 Å². The molecule has 0 heterocycles. The van der Waals surface area contributed by atoms with E-state index in [1.165, 1.54) is 0 Å². The van der Waals surface area contributed by atoms with Crippen molar-refractivity contribution < 1.29 is 64.3 Å². The molecule has 14 heavy (non-hydrogen) atoms. The van der Waals surface area contributed by atoms with Gasteiger partial charge in [0.25, 0.3) is 0 Å². The van der Waals surface area contributed by atoms with Gasteiger partial charge in [-0.2, -0.15) is 0 Å². The molecule has 0 N–H and O–H groups in total. The Morgan fingerprint density at radius 2 is 1.21 bits per heavy atom. The van der Waals surface area contributed by atoms with Gasteiger partial charge in [0, 0.05) is 5.33 Å². The summed E-state index contributed by atoms with van der Waals surface area (Å²) in [7, 11) is 0. The second-order valence-corrected chi connectivity index (χ2v) is 4.10. The van der Waals surface area contributed by atoms with Crippen LogP contribution in [0.25, 0.3) is 0 Å². The van der Waals surface area contributed by atoms with Crippen molar-refractivity contribution in [3.8, 4) is 0 Å². The number of rotatable bonds is 8. The summed E-state index contributed by atoms with van der Waals surface area (Å²) in [6.07, 6.45) is 4.75. The molecule has 0 aliphatic carbocycles. The molecular formula is C8H16BBrF3K. The van der Waals surface area contributed by atoms with Crippen LogP contribution in [-0.2, 0) is 0 Å². The third-order valence-corrected chi connectivity index (χ3v) is 2.48. The van der Waals surface area contributed by atoms with Gasteiger partial charge >= 0.3 is 58.4 Å². The molecule has 0 nitrogen and oxygen atoms in total. The Bertz CT molecular complexity index is 122. The number of unbranched alkanes of at least 4 members (excludes halogenated alkanes) is 5. The van der Waals surface area contributed by atoms with Gasteiger partial charge in [0.1, 0.15) is 0 Å². The zero-order valence-corrected chi connectivity index (χ0v) is 13.5. The smallest absolute Gasteiger partial charge is 0.449 e. The van der Waals surface area contributed by atoms with Crippen LogP contribution in [0.15, 0.2) is 0 Å². The number of hydrogen-bond acceptors (Lipinski definition) is 0. The van der Waals surface area contributed by atoms with Crippen molar-refractivity contribution in [1.29, 1.82) is 0 Å². The summed E-state index contributed by atoms with van der Waals surface area (Å²) < 4.78 is 35.2. The van der Waals surface area contributed by atoms with Crippen LogP contribution >= 0.6 is 15.9 Å². The quantitative estimate of drug-likeness (QED) is 0.363. The van der Waals surface area contributed by atoms with E-state index in [2.05, 4.69) is 15.9 Å². The van der Waals surface area contributed by atoms with Gasteiger partial charge in [0.15, 0.2) is 0 Å². The minimum Gasteiger partial charge on any atom is -0.449 e. The second kappa shape index (κ2) is 11.5. The Morgan fingerprint density at radius 1 is 0.786 bits per heavy atom. The van der Waals surface area contributed by atoms with Gasteiger partial charge in [0.05, 0.1) is 0 Å². The number of hydrogen-bond donors (Lipinski definition) is 0. The van der Waals surface area contributed by atoms with Crippen molar-refractivity contribution in [3.05, 3.63) is 0 Å². The van der Waals surface area contributed by atoms with Crippen LogP contribution in [0.4, 0.5) is 12.9 Å². The van der Waals surface area contributed by atoms with E-state index < -0.39 is 13.3 Å². The van der Waals surface area contributed by atoms with Crippen molar-refractivity contribution in [3.63, 3.8) is 0 Å². The largest absolute Gasteiger partial charge is 1.00 e. The zero-order valence-electron chi connectivity index (χ0n) is 8.75. The van der Waals surface area contributed by atoms with E-state index in [1.54, 1.807) is 0 Å². The Kier molecular flexibility index (Phi) is 15.0. The first-order chi connectivity index (χ1) is 6.06. The van der Waals surface area contributed by atoms with Crippen molar-refractivity contribution in [2.45, 2.75) is 44.8 Å². The van der Waals surface area contributed by atoms with Gasteiger partial charge in [-0.25, -0.2) is 0 Å². The molecule has 0 spiro atoms. The summed E-state index contributed by atoms with van der Waals surface area (Å²) >= 11 is 3.31. The molecule has 0 radical (unpaired) electrons. The molecule has 6 heteroatoms. The van der Waals surface area contributed by atoms with Crippen LogP contribution in [-0.4, -0.2) is 12.3 Å². The van der Waals surface area contributed by atoms with Gasteiger partial charge in [0.2, 0.25) is 0 Å². The van der Waals surface area contributed by atoms with Crippen LogP contribution in [0.1, 0.15) is 38.5 Å². The number of halogens is 4. The third kappa shape index (κ3) is 16.4. The van der Waals surface area contributed by atoms with Crippen molar-refractivity contribution >= 4 is 22.9 Å². The summed E-state index contributed by atoms with van der Waals surface area (Å²) in [5, 5.41) is 0.999. The summed E-state index contributed by atoms with van der Waals surface area (Å²) in [4.78, 5) is 0. The van der Waals surface area contributed by atoms with Gasteiger partial charge in [-0.1, -0.05) is 54.4 Å². The summed E-state index contributed by atoms with van der Waals surface area (Å²) in [5.41, 5.74) is 0. The minimum atomic E-state index is -4.54. The molecule has 0 aromatic heterocycles. The van der Waals surface area contributed by atoms with Crippen LogP contribution in [0.5, 0.6) is 0 Å². The first kappa shape index (κ1) is 18.3. The van der Waals surface area contributed by atoms with Crippen LogP contribution in [0.2, 0.25) is 6.32 Å². The molecule has 0 fully saturated rings. The molecule has 0 atom stereocenters. The average molecular weight is 299 g/mol. The topological polar surface area (TPSA) is 0 Å². The van der Waals surface area contributed by atoms with Crippen molar-refractivity contribution in [1.82, 2.24) is 0 Å². The maximum atomic E-state index is 11.7. The predicted octanol–water partition coefficient (Wildman–Crippen LogP) is 1.57. The first-order valence-electron chi connectivity index (χ1n) is 4.83. The summed E-state index contributed by atoms with van der Waals surface area (Å²) in [6, 6.07) is 0. The second-order valence-electron chi connectivity index (χ2n) is 3.31. The van der Waals surface area contributed by atoms with Crippen LogP contribution in [0.3, 0.4) is 0 Å². The van der Waals surface area contributed by atoms with Crippen molar-refractivity contribution in [2.24, 2.45) is 0 Å². The molecule has 0 amide bonds. The Labute approximate surface area is 135 Å². The van der Waals surface area contributed by atoms with Gasteiger partial charge < -0.3 is 12.9 Å². The van der Waals surface area contributed by atoms with E-state index in [1.807, 2.05) is 0 Å². The minimum absolute atomic E-state index is 0. The van der Waals surface area contributed by atoms with E-state index in [0.29, 0.717) is 6.42 Å². The molecule has 0 bridgehead atoms. The molecule has 80 valence electrons. The fourth-order valence-corrected chi connectivity index (χ4v) is 1.57. The molecule has 0 aliphatic rings. The Balaban J connectivity index is 0. The van der Waals surface area contributed by atoms with Gasteiger partial charge in [-0.3, -0.25) is 0 Å². The maximum absolute atomic E-state index is 11.7. The predicted molar refractivity (Wildman–Crippen MR) is 55.4 cm³/mol. The van der Waals surface area contributed by atoms with E-state index in [4.69, 9.17) is 0 Å². The Morgan fingerprint density at radius 3 is 1.64 bits per heavy atom. The fourth-order valence-electron chi connectivity index (χ4n) is 1.18. The van der Waals surface area contributed by atoms with E-state index >= 15 is 0 Å². The van der Waals surface area contributed by atoms with Crippen molar-refractivity contribution in [2.75, 3.05) is 5.33 Å². The molecule has 0 unspecified atom stereocenters. The monoisotopic (exact) mass is 298 g/mol. The molecule has 0 rings (SSSR count). The molecule has 0 aromatic carbocycles. The van der Waals surface area contributed by atoms with E-state index in [0.717, 1.165) is 37.4 Å². The average Bonchev–Trinajstić information content (AvgIpc) is 2.01. The third-order valence-electron chi connectivity index (χ3n) is 1.92. The first-order valence-corrected chi connectivity index (χ1v) is 5.95. The molecular weight excluding hydrogens is 283 g/mol. The molecule has 0 saturated carbocycles. The van der Waals surface area contributed by atoms with Gasteiger partial charge in [-0.05, 0) is 6.42 Å². The Hall–Kier alpha value is 1.97. The fraction of sp³-hybridized carbons (Fsp3) is 1.00. The van der Waals surface area contributed by atoms with E-state index in [-0.39, 0.29) is 51.4 Å². The SMILES string of the molecule is F[B-](F)(F)CCCCCCCCBr.[K+]. The van der Waals surface area contributed by atoms with Crippen LogP contribution < -0.4 is 51.4 Å². The normalized spacial score (nSPS) is 11.1. The van der Waals surface area contributed by atoms with Gasteiger partial charge in [-0.15, -0.1) is 0 Å².